The van der Waals surface area contributed by atoms with Crippen LogP contribution in [-0.4, -0.2) is 27.9 Å². The summed E-state index contributed by atoms with van der Waals surface area (Å²) in [5, 5.41) is 3.27. The predicted octanol–water partition coefficient (Wildman–Crippen LogP) is 3.08. The maximum absolute atomic E-state index is 12.5. The van der Waals surface area contributed by atoms with E-state index in [1.165, 1.54) is 11.8 Å². The average Bonchev–Trinajstić information content (AvgIpc) is 2.54. The summed E-state index contributed by atoms with van der Waals surface area (Å²) in [7, 11) is 0. The van der Waals surface area contributed by atoms with Crippen LogP contribution >= 0.6 is 23.5 Å². The van der Waals surface area contributed by atoms with Crippen molar-refractivity contribution < 1.29 is 4.79 Å². The van der Waals surface area contributed by atoms with Gasteiger partial charge in [0.05, 0.1) is 5.56 Å². The van der Waals surface area contributed by atoms with Crippen LogP contribution in [0.15, 0.2) is 39.1 Å². The molecule has 2 N–H and O–H groups in total. The third kappa shape index (κ3) is 3.30. The normalized spacial score (nSPS) is 16.8. The quantitative estimate of drug-likeness (QED) is 0.657. The van der Waals surface area contributed by atoms with E-state index in [0.717, 1.165) is 16.2 Å². The third-order valence-electron chi connectivity index (χ3n) is 3.73. The van der Waals surface area contributed by atoms with Crippen molar-refractivity contribution >= 4 is 35.2 Å². The number of nitrogens with zero attached hydrogens (tertiary/aromatic N) is 1. The summed E-state index contributed by atoms with van der Waals surface area (Å²) in [6.07, 6.45) is 2.27. The lowest BCUT2D eigenvalue weighted by Crippen LogP contribution is -2.31. The molecule has 0 spiro atoms. The molecule has 1 amide bonds. The Morgan fingerprint density at radius 3 is 2.65 bits per heavy atom. The highest BCUT2D eigenvalue weighted by Crippen LogP contribution is 2.34. The molecule has 0 aliphatic carbocycles. The summed E-state index contributed by atoms with van der Waals surface area (Å²) in [4.78, 5) is 32.9. The van der Waals surface area contributed by atoms with Gasteiger partial charge in [0, 0.05) is 17.2 Å². The van der Waals surface area contributed by atoms with Crippen LogP contribution in [0.5, 0.6) is 0 Å². The highest BCUT2D eigenvalue weighted by atomic mass is 32.2. The van der Waals surface area contributed by atoms with Crippen LogP contribution in [0.4, 0.5) is 5.82 Å². The molecule has 0 bridgehead atoms. The monoisotopic (exact) mass is 347 g/mol. The second-order valence-corrected chi connectivity index (χ2v) is 7.28. The minimum absolute atomic E-state index is 0.109. The summed E-state index contributed by atoms with van der Waals surface area (Å²) in [5.74, 6) is 0.823. The van der Waals surface area contributed by atoms with Crippen molar-refractivity contribution in [3.63, 3.8) is 0 Å². The molecule has 0 fully saturated rings. The number of H-pyrrole nitrogens is 1. The van der Waals surface area contributed by atoms with Gasteiger partial charge in [0.25, 0.3) is 5.56 Å². The number of aromatic nitrogens is 2. The summed E-state index contributed by atoms with van der Waals surface area (Å²) in [5.41, 5.74) is 1.33. The van der Waals surface area contributed by atoms with Crippen LogP contribution < -0.4 is 10.9 Å². The van der Waals surface area contributed by atoms with E-state index in [1.54, 1.807) is 11.8 Å². The zero-order chi connectivity index (χ0) is 16.4. The van der Waals surface area contributed by atoms with Crippen molar-refractivity contribution in [1.82, 2.24) is 9.97 Å². The Hall–Kier alpha value is -1.73. The zero-order valence-corrected chi connectivity index (χ0v) is 14.5. The number of rotatable bonds is 4. The first-order valence-electron chi connectivity index (χ1n) is 7.33. The number of carbonyl (C=O) groups excluding carboxylic acids is 1. The van der Waals surface area contributed by atoms with Crippen LogP contribution in [0.25, 0.3) is 0 Å². The lowest BCUT2D eigenvalue weighted by Gasteiger charge is -2.24. The van der Waals surface area contributed by atoms with E-state index >= 15 is 0 Å². The molecule has 7 heteroatoms. The van der Waals surface area contributed by atoms with Gasteiger partial charge in [-0.15, -0.1) is 11.8 Å². The number of carbonyl (C=O) groups is 1. The maximum atomic E-state index is 12.5. The molecule has 23 heavy (non-hydrogen) atoms. The van der Waals surface area contributed by atoms with Gasteiger partial charge >= 0.3 is 0 Å². The molecule has 5 nitrogen and oxygen atoms in total. The van der Waals surface area contributed by atoms with E-state index in [4.69, 9.17) is 0 Å². The topological polar surface area (TPSA) is 74.8 Å². The average molecular weight is 347 g/mol. The van der Waals surface area contributed by atoms with Crippen LogP contribution in [0.3, 0.4) is 0 Å². The fraction of sp³-hybridized carbons (Fsp3) is 0.312. The van der Waals surface area contributed by atoms with Crippen molar-refractivity contribution in [2.75, 3.05) is 17.3 Å². The van der Waals surface area contributed by atoms with Gasteiger partial charge in [-0.2, -0.15) is 0 Å². The van der Waals surface area contributed by atoms with E-state index in [1.807, 2.05) is 37.4 Å². The first kappa shape index (κ1) is 16.1. The van der Waals surface area contributed by atoms with E-state index in [9.17, 15) is 9.59 Å². The zero-order valence-electron chi connectivity index (χ0n) is 12.9. The van der Waals surface area contributed by atoms with Crippen molar-refractivity contribution in [1.29, 1.82) is 0 Å². The smallest absolute Gasteiger partial charge is 0.257 e. The molecule has 2 aromatic rings. The molecule has 1 aromatic heterocycles. The van der Waals surface area contributed by atoms with Gasteiger partial charge in [-0.1, -0.05) is 30.8 Å². The molecule has 1 aromatic carbocycles. The number of amides is 1. The standard InChI is InChI=1S/C16H17N3O2S2/c1-3-23-16-18-14-13(15(21)19-16)11(8-12(20)17-14)9-4-6-10(22-2)7-5-9/h4-7,11H,3,8H2,1-2H3,(H2,17,18,19,20,21)/t11-/m0/s1. The van der Waals surface area contributed by atoms with E-state index in [2.05, 4.69) is 15.3 Å². The number of hydrogen-bond donors (Lipinski definition) is 2. The Morgan fingerprint density at radius 2 is 2.00 bits per heavy atom. The maximum Gasteiger partial charge on any atom is 0.257 e. The molecule has 0 radical (unpaired) electrons. The minimum Gasteiger partial charge on any atom is -0.310 e. The van der Waals surface area contributed by atoms with E-state index in [0.29, 0.717) is 16.5 Å². The fourth-order valence-corrected chi connectivity index (χ4v) is 3.68. The lowest BCUT2D eigenvalue weighted by molar-refractivity contribution is -0.116. The summed E-state index contributed by atoms with van der Waals surface area (Å²) in [6, 6.07) is 7.98. The van der Waals surface area contributed by atoms with Gasteiger partial charge in [-0.05, 0) is 29.7 Å². The molecule has 0 saturated heterocycles. The van der Waals surface area contributed by atoms with Gasteiger partial charge < -0.3 is 10.3 Å². The molecular formula is C16H17N3O2S2. The number of anilines is 1. The Kier molecular flexibility index (Phi) is 4.77. The molecule has 1 atom stereocenters. The number of aromatic amines is 1. The van der Waals surface area contributed by atoms with Crippen molar-refractivity contribution in [2.45, 2.75) is 29.3 Å². The Balaban J connectivity index is 2.07. The van der Waals surface area contributed by atoms with Gasteiger partial charge in [0.15, 0.2) is 5.16 Å². The molecular weight excluding hydrogens is 330 g/mol. The summed E-state index contributed by atoms with van der Waals surface area (Å²) >= 11 is 3.10. The van der Waals surface area contributed by atoms with E-state index < -0.39 is 0 Å². The molecule has 3 rings (SSSR count). The molecule has 0 unspecified atom stereocenters. The van der Waals surface area contributed by atoms with Crippen molar-refractivity contribution in [3.05, 3.63) is 45.7 Å². The Bertz CT molecular complexity index is 787. The Morgan fingerprint density at radius 1 is 1.26 bits per heavy atom. The number of benzene rings is 1. The first-order chi connectivity index (χ1) is 11.1. The van der Waals surface area contributed by atoms with Gasteiger partial charge in [0.2, 0.25) is 5.91 Å². The Labute approximate surface area is 142 Å². The largest absolute Gasteiger partial charge is 0.310 e. The number of hydrogen-bond acceptors (Lipinski definition) is 5. The predicted molar refractivity (Wildman–Crippen MR) is 94.6 cm³/mol. The number of fused-ring (bicyclic) bond motifs is 1. The van der Waals surface area contributed by atoms with Crippen molar-refractivity contribution in [3.8, 4) is 0 Å². The van der Waals surface area contributed by atoms with Crippen LogP contribution in [-0.2, 0) is 4.79 Å². The van der Waals surface area contributed by atoms with Gasteiger partial charge in [-0.3, -0.25) is 9.59 Å². The van der Waals surface area contributed by atoms with Crippen LogP contribution in [0.1, 0.15) is 30.4 Å². The minimum atomic E-state index is -0.258. The van der Waals surface area contributed by atoms with Crippen LogP contribution in [0, 0.1) is 0 Å². The van der Waals surface area contributed by atoms with E-state index in [-0.39, 0.29) is 23.8 Å². The highest BCUT2D eigenvalue weighted by Gasteiger charge is 2.30. The summed E-state index contributed by atoms with van der Waals surface area (Å²) in [6.45, 7) is 1.98. The van der Waals surface area contributed by atoms with Gasteiger partial charge in [-0.25, -0.2) is 4.98 Å². The second kappa shape index (κ2) is 6.80. The third-order valence-corrected chi connectivity index (χ3v) is 5.23. The number of nitrogens with one attached hydrogen (secondary N) is 2. The molecule has 120 valence electrons. The van der Waals surface area contributed by atoms with Crippen LogP contribution in [0.2, 0.25) is 0 Å². The molecule has 0 saturated carbocycles. The highest BCUT2D eigenvalue weighted by molar-refractivity contribution is 7.99. The first-order valence-corrected chi connectivity index (χ1v) is 9.54. The molecule has 1 aliphatic heterocycles. The fourth-order valence-electron chi connectivity index (χ4n) is 2.68. The second-order valence-electron chi connectivity index (χ2n) is 5.14. The summed E-state index contributed by atoms with van der Waals surface area (Å²) < 4.78 is 0. The lowest BCUT2D eigenvalue weighted by atomic mass is 9.87. The van der Waals surface area contributed by atoms with Crippen molar-refractivity contribution in [2.24, 2.45) is 0 Å². The number of thioether (sulfide) groups is 2. The molecule has 1 aliphatic rings. The molecule has 2 heterocycles. The SMILES string of the molecule is CCSc1nc2c(c(=O)[nH]1)[C@H](c1ccc(SC)cc1)CC(=O)N2. The van der Waals surface area contributed by atoms with Gasteiger partial charge in [0.1, 0.15) is 5.82 Å².